The van der Waals surface area contributed by atoms with Crippen LogP contribution in [-0.2, 0) is 0 Å². The van der Waals surface area contributed by atoms with Crippen LogP contribution in [0.2, 0.25) is 0 Å². The number of nitrogens with zero attached hydrogens (tertiary/aromatic N) is 1. The molecule has 1 unspecified atom stereocenters. The molecule has 0 bridgehead atoms. The molecular formula is C21H25NO. The van der Waals surface area contributed by atoms with Crippen molar-refractivity contribution in [1.29, 1.82) is 0 Å². The highest BCUT2D eigenvalue weighted by Crippen LogP contribution is 2.40. The van der Waals surface area contributed by atoms with E-state index in [9.17, 15) is 4.79 Å². The van der Waals surface area contributed by atoms with Gasteiger partial charge in [-0.15, -0.1) is 0 Å². The molecule has 23 heavy (non-hydrogen) atoms. The molecule has 2 heteroatoms. The number of rotatable bonds is 4. The highest BCUT2D eigenvalue weighted by molar-refractivity contribution is 6.16. The van der Waals surface area contributed by atoms with Crippen LogP contribution in [0.15, 0.2) is 60.2 Å². The summed E-state index contributed by atoms with van der Waals surface area (Å²) >= 11 is 0. The van der Waals surface area contributed by atoms with E-state index in [1.54, 1.807) is 0 Å². The molecule has 0 heterocycles. The van der Waals surface area contributed by atoms with Gasteiger partial charge in [0.2, 0.25) is 0 Å². The average Bonchev–Trinajstić information content (AvgIpc) is 2.84. The first-order valence-corrected chi connectivity index (χ1v) is 7.90. The van der Waals surface area contributed by atoms with Gasteiger partial charge in [-0.3, -0.25) is 9.69 Å². The average molecular weight is 307 g/mol. The van der Waals surface area contributed by atoms with E-state index in [0.29, 0.717) is 0 Å². The van der Waals surface area contributed by atoms with Crippen LogP contribution in [0.5, 0.6) is 0 Å². The van der Waals surface area contributed by atoms with Gasteiger partial charge in [0.25, 0.3) is 0 Å². The lowest BCUT2D eigenvalue weighted by molar-refractivity contribution is 0.102. The van der Waals surface area contributed by atoms with E-state index in [4.69, 9.17) is 0 Å². The zero-order valence-corrected chi connectivity index (χ0v) is 13.1. The maximum atomic E-state index is 12.9. The quantitative estimate of drug-likeness (QED) is 0.742. The van der Waals surface area contributed by atoms with Crippen molar-refractivity contribution in [2.24, 2.45) is 0 Å². The molecule has 0 N–H and O–H groups in total. The van der Waals surface area contributed by atoms with E-state index in [2.05, 4.69) is 24.8 Å². The Kier molecular flexibility index (Phi) is 5.51. The number of likely N-dealkylation sites (N-methyl/N-ethyl adjacent to an activating group) is 1. The fourth-order valence-electron chi connectivity index (χ4n) is 3.24. The fraction of sp³-hybridized carbons (Fsp3) is 0.286. The summed E-state index contributed by atoms with van der Waals surface area (Å²) < 4.78 is 0. The van der Waals surface area contributed by atoms with Gasteiger partial charge in [0, 0.05) is 11.1 Å². The van der Waals surface area contributed by atoms with Crippen molar-refractivity contribution < 1.29 is 4.79 Å². The molecule has 0 fully saturated rings. The molecule has 3 rings (SSSR count). The molecule has 0 radical (unpaired) electrons. The standard InChI is InChI=1S/C20H21NO.CH4/c1-3-21(4-2)19-16-12-8-9-13-17(16)20(22)18(19)14-15-10-6-5-7-11-15;/h5-14,19H,3-4H2,1-2H3;1H4/b18-14+;. The second-order valence-electron chi connectivity index (χ2n) is 5.55. The highest BCUT2D eigenvalue weighted by atomic mass is 16.1. The fourth-order valence-corrected chi connectivity index (χ4v) is 3.24. The van der Waals surface area contributed by atoms with E-state index < -0.39 is 0 Å². The SMILES string of the molecule is C.CCN(CC)C1/C(=C\c2ccccc2)C(=O)c2ccccc21. The van der Waals surface area contributed by atoms with E-state index in [0.717, 1.165) is 35.4 Å². The third kappa shape index (κ3) is 3.13. The summed E-state index contributed by atoms with van der Waals surface area (Å²) in [6.07, 6.45) is 2.05. The minimum absolute atomic E-state index is 0. The number of carbonyl (C=O) groups is 1. The maximum Gasteiger partial charge on any atom is 0.191 e. The largest absolute Gasteiger partial charge is 0.293 e. The second kappa shape index (κ2) is 7.38. The van der Waals surface area contributed by atoms with Gasteiger partial charge in [0.05, 0.1) is 6.04 Å². The number of carbonyl (C=O) groups excluding carboxylic acids is 1. The summed E-state index contributed by atoms with van der Waals surface area (Å²) in [6, 6.07) is 18.2. The minimum atomic E-state index is 0. The first-order valence-electron chi connectivity index (χ1n) is 7.90. The molecule has 0 amide bonds. The Morgan fingerprint density at radius 3 is 2.22 bits per heavy atom. The van der Waals surface area contributed by atoms with Crippen LogP contribution in [0.1, 0.15) is 48.8 Å². The Morgan fingerprint density at radius 1 is 0.957 bits per heavy atom. The lowest BCUT2D eigenvalue weighted by Gasteiger charge is -2.27. The van der Waals surface area contributed by atoms with E-state index in [1.165, 1.54) is 0 Å². The zero-order valence-electron chi connectivity index (χ0n) is 13.1. The van der Waals surface area contributed by atoms with Crippen LogP contribution in [0.25, 0.3) is 6.08 Å². The third-order valence-corrected chi connectivity index (χ3v) is 4.36. The topological polar surface area (TPSA) is 20.3 Å². The zero-order chi connectivity index (χ0) is 15.5. The van der Waals surface area contributed by atoms with Gasteiger partial charge in [-0.1, -0.05) is 75.9 Å². The van der Waals surface area contributed by atoms with E-state index in [1.807, 2.05) is 54.6 Å². The Bertz CT molecular complexity index is 699. The summed E-state index contributed by atoms with van der Waals surface area (Å²) in [5.41, 5.74) is 3.95. The molecule has 0 saturated heterocycles. The number of benzene rings is 2. The normalized spacial score (nSPS) is 18.1. The molecule has 2 aromatic carbocycles. The van der Waals surface area contributed by atoms with Gasteiger partial charge in [-0.25, -0.2) is 0 Å². The number of Topliss-reactive ketones (excluding diaryl/α,β-unsaturated/α-hetero) is 1. The van der Waals surface area contributed by atoms with Crippen molar-refractivity contribution in [3.8, 4) is 0 Å². The molecule has 2 aromatic rings. The lowest BCUT2D eigenvalue weighted by Crippen LogP contribution is -2.28. The summed E-state index contributed by atoms with van der Waals surface area (Å²) in [5.74, 6) is 0.163. The second-order valence-corrected chi connectivity index (χ2v) is 5.55. The predicted octanol–water partition coefficient (Wildman–Crippen LogP) is 4.99. The van der Waals surface area contributed by atoms with Gasteiger partial charge in [0.15, 0.2) is 5.78 Å². The summed E-state index contributed by atoms with van der Waals surface area (Å²) in [5, 5.41) is 0. The van der Waals surface area contributed by atoms with Crippen molar-refractivity contribution in [3.05, 3.63) is 76.9 Å². The van der Waals surface area contributed by atoms with Gasteiger partial charge in [-0.2, -0.15) is 0 Å². The molecule has 120 valence electrons. The molecule has 2 nitrogen and oxygen atoms in total. The van der Waals surface area contributed by atoms with Crippen molar-refractivity contribution in [1.82, 2.24) is 4.90 Å². The monoisotopic (exact) mass is 307 g/mol. The van der Waals surface area contributed by atoms with Crippen LogP contribution in [0.4, 0.5) is 0 Å². The Labute approximate surface area is 139 Å². The Hall–Kier alpha value is -2.19. The molecule has 0 spiro atoms. The molecule has 1 aliphatic rings. The molecule has 0 aliphatic heterocycles. The number of hydrogen-bond donors (Lipinski definition) is 0. The van der Waals surface area contributed by atoms with Gasteiger partial charge >= 0.3 is 0 Å². The van der Waals surface area contributed by atoms with Crippen molar-refractivity contribution in [2.75, 3.05) is 13.1 Å². The molecule has 1 aliphatic carbocycles. The van der Waals surface area contributed by atoms with Crippen molar-refractivity contribution in [3.63, 3.8) is 0 Å². The summed E-state index contributed by atoms with van der Waals surface area (Å²) in [7, 11) is 0. The van der Waals surface area contributed by atoms with Crippen molar-refractivity contribution >= 4 is 11.9 Å². The van der Waals surface area contributed by atoms with Crippen LogP contribution in [0.3, 0.4) is 0 Å². The number of hydrogen-bond acceptors (Lipinski definition) is 2. The lowest BCUT2D eigenvalue weighted by atomic mass is 10.0. The van der Waals surface area contributed by atoms with Gasteiger partial charge < -0.3 is 0 Å². The minimum Gasteiger partial charge on any atom is -0.293 e. The molecule has 0 saturated carbocycles. The first-order chi connectivity index (χ1) is 10.8. The Balaban J connectivity index is 0.00000192. The van der Waals surface area contributed by atoms with Crippen LogP contribution < -0.4 is 0 Å². The first kappa shape index (κ1) is 17.2. The Morgan fingerprint density at radius 2 is 1.57 bits per heavy atom. The van der Waals surface area contributed by atoms with Crippen molar-refractivity contribution in [2.45, 2.75) is 27.3 Å². The molecule has 1 atom stereocenters. The van der Waals surface area contributed by atoms with E-state index >= 15 is 0 Å². The molecular weight excluding hydrogens is 282 g/mol. The summed E-state index contributed by atoms with van der Waals surface area (Å²) in [6.45, 7) is 6.15. The summed E-state index contributed by atoms with van der Waals surface area (Å²) in [4.78, 5) is 15.2. The van der Waals surface area contributed by atoms with Gasteiger partial charge in [0.1, 0.15) is 0 Å². The number of ketones is 1. The predicted molar refractivity (Wildman–Crippen MR) is 97.6 cm³/mol. The van der Waals surface area contributed by atoms with E-state index in [-0.39, 0.29) is 19.3 Å². The highest BCUT2D eigenvalue weighted by Gasteiger charge is 2.36. The third-order valence-electron chi connectivity index (χ3n) is 4.36. The van der Waals surface area contributed by atoms with Crippen LogP contribution in [-0.4, -0.2) is 23.8 Å². The van der Waals surface area contributed by atoms with Crippen LogP contribution in [0, 0.1) is 0 Å². The maximum absolute atomic E-state index is 12.9. The smallest absolute Gasteiger partial charge is 0.191 e. The molecule has 0 aromatic heterocycles. The number of fused-ring (bicyclic) bond motifs is 1. The van der Waals surface area contributed by atoms with Crippen LogP contribution >= 0.6 is 0 Å². The van der Waals surface area contributed by atoms with Gasteiger partial charge in [-0.05, 0) is 30.3 Å².